The van der Waals surface area contributed by atoms with Crippen molar-refractivity contribution in [3.63, 3.8) is 0 Å². The van der Waals surface area contributed by atoms with E-state index in [4.69, 9.17) is 13.9 Å². The number of ether oxygens (including phenoxy) is 2. The second-order valence-electron chi connectivity index (χ2n) is 7.68. The number of aliphatic hydroxyl groups excluding tert-OH is 1. The normalized spacial score (nSPS) is 13.4. The quantitative estimate of drug-likeness (QED) is 0.450. The molecule has 6 heteroatoms. The highest BCUT2D eigenvalue weighted by Gasteiger charge is 2.18. The van der Waals surface area contributed by atoms with Gasteiger partial charge in [0.25, 0.3) is 0 Å². The topological polar surface area (TPSA) is 61.2 Å². The minimum absolute atomic E-state index is 0.279. The van der Waals surface area contributed by atoms with Gasteiger partial charge in [0.1, 0.15) is 38.1 Å². The van der Waals surface area contributed by atoms with Gasteiger partial charge in [-0.05, 0) is 42.3 Å². The van der Waals surface area contributed by atoms with E-state index in [9.17, 15) is 5.11 Å². The Kier molecular flexibility index (Phi) is 8.71. The number of nitrogens with one attached hydrogen (secondary N) is 1. The van der Waals surface area contributed by atoms with E-state index in [1.165, 1.54) is 21.7 Å². The summed E-state index contributed by atoms with van der Waals surface area (Å²) in [5.41, 5.74) is 3.86. The summed E-state index contributed by atoms with van der Waals surface area (Å²) in [6.45, 7) is 6.52. The van der Waals surface area contributed by atoms with Gasteiger partial charge in [-0.15, -0.1) is 0 Å². The van der Waals surface area contributed by atoms with Crippen LogP contribution in [0.25, 0.3) is 0 Å². The van der Waals surface area contributed by atoms with Crippen molar-refractivity contribution in [2.24, 2.45) is 0 Å². The Hall–Kier alpha value is -2.38. The zero-order chi connectivity index (χ0) is 21.2. The Morgan fingerprint density at radius 1 is 1.13 bits per heavy atom. The van der Waals surface area contributed by atoms with Gasteiger partial charge in [0.2, 0.25) is 0 Å². The van der Waals surface area contributed by atoms with Crippen LogP contribution in [-0.2, 0) is 29.2 Å². The third-order valence-electron chi connectivity index (χ3n) is 5.28. The van der Waals surface area contributed by atoms with E-state index in [0.717, 1.165) is 25.4 Å². The lowest BCUT2D eigenvalue weighted by atomic mass is 10.1. The van der Waals surface area contributed by atoms with Crippen LogP contribution in [-0.4, -0.2) is 49.2 Å². The van der Waals surface area contributed by atoms with Crippen molar-refractivity contribution in [1.29, 1.82) is 0 Å². The van der Waals surface area contributed by atoms with E-state index in [2.05, 4.69) is 54.1 Å². The molecule has 0 aliphatic rings. The van der Waals surface area contributed by atoms with E-state index in [1.807, 2.05) is 12.1 Å². The number of aliphatic hydroxyl groups is 1. The van der Waals surface area contributed by atoms with Crippen molar-refractivity contribution in [2.75, 3.05) is 33.4 Å². The van der Waals surface area contributed by atoms with Crippen molar-refractivity contribution in [1.82, 2.24) is 4.57 Å². The predicted molar refractivity (Wildman–Crippen MR) is 115 cm³/mol. The van der Waals surface area contributed by atoms with E-state index in [-0.39, 0.29) is 6.61 Å². The Bertz CT molecular complexity index is 860. The number of hydrogen-bond donors (Lipinski definition) is 2. The molecule has 0 spiro atoms. The van der Waals surface area contributed by atoms with Gasteiger partial charge in [-0.25, -0.2) is 0 Å². The third-order valence-corrected chi connectivity index (χ3v) is 5.28. The molecule has 3 aromatic rings. The smallest absolute Gasteiger partial charge is 0.129 e. The number of hydrogen-bond acceptors (Lipinski definition) is 4. The molecule has 162 valence electrons. The zero-order valence-electron chi connectivity index (χ0n) is 17.9. The molecule has 0 radical (unpaired) electrons. The molecule has 2 N–H and O–H groups in total. The number of aromatic nitrogens is 1. The van der Waals surface area contributed by atoms with Crippen molar-refractivity contribution >= 4 is 0 Å². The second kappa shape index (κ2) is 11.7. The average molecular weight is 414 g/mol. The highest BCUT2D eigenvalue weighted by Crippen LogP contribution is 2.11. The lowest BCUT2D eigenvalue weighted by molar-refractivity contribution is -0.917. The van der Waals surface area contributed by atoms with Crippen LogP contribution in [0.4, 0.5) is 0 Å². The number of quaternary nitrogens is 1. The average Bonchev–Trinajstić information content (AvgIpc) is 3.40. The van der Waals surface area contributed by atoms with E-state index < -0.39 is 6.10 Å². The fourth-order valence-electron chi connectivity index (χ4n) is 3.58. The fourth-order valence-corrected chi connectivity index (χ4v) is 3.58. The summed E-state index contributed by atoms with van der Waals surface area (Å²) in [6, 6.07) is 16.4. The Morgan fingerprint density at radius 2 is 2.00 bits per heavy atom. The van der Waals surface area contributed by atoms with E-state index in [1.54, 1.807) is 13.4 Å². The Morgan fingerprint density at radius 3 is 2.77 bits per heavy atom. The van der Waals surface area contributed by atoms with Crippen LogP contribution in [0.15, 0.2) is 65.4 Å². The largest absolute Gasteiger partial charge is 0.467 e. The van der Waals surface area contributed by atoms with Crippen LogP contribution in [0.2, 0.25) is 0 Å². The number of nitrogens with zero attached hydrogens (tertiary/aromatic N) is 1. The highest BCUT2D eigenvalue weighted by atomic mass is 16.5. The molecule has 1 aromatic carbocycles. The van der Waals surface area contributed by atoms with Gasteiger partial charge < -0.3 is 28.5 Å². The van der Waals surface area contributed by atoms with E-state index in [0.29, 0.717) is 19.8 Å². The van der Waals surface area contributed by atoms with Crippen LogP contribution in [0.5, 0.6) is 0 Å². The van der Waals surface area contributed by atoms with Gasteiger partial charge in [-0.3, -0.25) is 0 Å². The summed E-state index contributed by atoms with van der Waals surface area (Å²) in [7, 11) is 1.71. The molecule has 0 aliphatic heterocycles. The molecule has 2 aromatic heterocycles. The van der Waals surface area contributed by atoms with Gasteiger partial charge in [0, 0.05) is 19.9 Å². The summed E-state index contributed by atoms with van der Waals surface area (Å²) in [5.74, 6) is 0.764. The molecule has 1 unspecified atom stereocenters. The minimum atomic E-state index is -0.549. The van der Waals surface area contributed by atoms with Crippen LogP contribution in [0.1, 0.15) is 22.6 Å². The number of aryl methyl sites for hydroxylation is 1. The maximum absolute atomic E-state index is 10.5. The first-order valence-corrected chi connectivity index (χ1v) is 10.4. The first kappa shape index (κ1) is 22.3. The Balaban J connectivity index is 1.56. The molecule has 2 atom stereocenters. The van der Waals surface area contributed by atoms with Crippen LogP contribution >= 0.6 is 0 Å². The summed E-state index contributed by atoms with van der Waals surface area (Å²) in [6.07, 6.45) is 3.20. The maximum Gasteiger partial charge on any atom is 0.129 e. The third kappa shape index (κ3) is 6.85. The zero-order valence-corrected chi connectivity index (χ0v) is 17.9. The standard InChI is InChI=1S/C24H32N2O4/c1-20-7-3-4-8-21(20)15-26-11-5-9-22(26)16-25(12-14-28-2)17-23(27)18-29-19-24-10-6-13-30-24/h3-11,13,23,27H,12,14-19H2,1-2H3/p+1/t23-/m1/s1. The van der Waals surface area contributed by atoms with Crippen molar-refractivity contribution in [3.8, 4) is 0 Å². The number of methoxy groups -OCH3 is 1. The lowest BCUT2D eigenvalue weighted by Crippen LogP contribution is -3.12. The van der Waals surface area contributed by atoms with E-state index >= 15 is 0 Å². The highest BCUT2D eigenvalue weighted by molar-refractivity contribution is 5.26. The first-order chi connectivity index (χ1) is 14.7. The molecule has 6 nitrogen and oxygen atoms in total. The summed E-state index contributed by atoms with van der Waals surface area (Å²) in [4.78, 5) is 1.26. The first-order valence-electron chi connectivity index (χ1n) is 10.4. The lowest BCUT2D eigenvalue weighted by Gasteiger charge is -2.23. The maximum atomic E-state index is 10.5. The molecule has 0 fully saturated rings. The number of rotatable bonds is 13. The van der Waals surface area contributed by atoms with Crippen molar-refractivity contribution in [2.45, 2.75) is 32.7 Å². The monoisotopic (exact) mass is 413 g/mol. The minimum Gasteiger partial charge on any atom is -0.467 e. The van der Waals surface area contributed by atoms with Gasteiger partial charge in [-0.2, -0.15) is 0 Å². The predicted octanol–water partition coefficient (Wildman–Crippen LogP) is 2.05. The number of benzene rings is 1. The number of furan rings is 1. The fraction of sp³-hybridized carbons (Fsp3) is 0.417. The molecule has 0 saturated heterocycles. The Labute approximate surface area is 178 Å². The second-order valence-corrected chi connectivity index (χ2v) is 7.68. The van der Waals surface area contributed by atoms with Gasteiger partial charge in [-0.1, -0.05) is 24.3 Å². The molecule has 2 heterocycles. The molecule has 30 heavy (non-hydrogen) atoms. The molecule has 0 amide bonds. The molecule has 0 aliphatic carbocycles. The van der Waals surface area contributed by atoms with Crippen LogP contribution in [0, 0.1) is 6.92 Å². The summed E-state index contributed by atoms with van der Waals surface area (Å²) >= 11 is 0. The molecular formula is C24H33N2O4+. The van der Waals surface area contributed by atoms with Crippen LogP contribution < -0.4 is 4.90 Å². The van der Waals surface area contributed by atoms with Crippen LogP contribution in [0.3, 0.4) is 0 Å². The van der Waals surface area contributed by atoms with Gasteiger partial charge in [0.15, 0.2) is 0 Å². The molecule has 0 saturated carbocycles. The molecule has 3 rings (SSSR count). The summed E-state index contributed by atoms with van der Waals surface area (Å²) in [5, 5.41) is 10.5. The summed E-state index contributed by atoms with van der Waals surface area (Å²) < 4.78 is 18.4. The molecular weight excluding hydrogens is 380 g/mol. The SMILES string of the molecule is COCC[NH+](Cc1cccn1Cc1ccccc1C)C[C@@H](O)COCc1ccco1. The molecule has 0 bridgehead atoms. The van der Waals surface area contributed by atoms with Crippen molar-refractivity contribution in [3.05, 3.63) is 83.6 Å². The van der Waals surface area contributed by atoms with Gasteiger partial charge in [0.05, 0.1) is 25.2 Å². The van der Waals surface area contributed by atoms with Gasteiger partial charge >= 0.3 is 0 Å². The van der Waals surface area contributed by atoms with Crippen molar-refractivity contribution < 1.29 is 23.9 Å².